The number of nitriles is 1. The number of hydrazone groups is 3. The first-order valence-electron chi connectivity index (χ1n) is 14.2. The van der Waals surface area contributed by atoms with Crippen molar-refractivity contribution < 1.29 is 14.3 Å². The quantitative estimate of drug-likeness (QED) is 0.180. The molecule has 0 aromatic heterocycles. The van der Waals surface area contributed by atoms with Crippen molar-refractivity contribution in [2.75, 3.05) is 12.0 Å². The van der Waals surface area contributed by atoms with Crippen LogP contribution in [-0.2, 0) is 14.3 Å². The highest BCUT2D eigenvalue weighted by Crippen LogP contribution is 2.22. The number of aliphatic imine (C=N–C) groups is 1. The van der Waals surface area contributed by atoms with Crippen LogP contribution in [-0.4, -0.2) is 47.3 Å². The van der Waals surface area contributed by atoms with Crippen LogP contribution in [0.3, 0.4) is 0 Å². The van der Waals surface area contributed by atoms with E-state index in [-0.39, 0.29) is 59.2 Å². The van der Waals surface area contributed by atoms with Gasteiger partial charge in [-0.25, -0.2) is 10.9 Å². The van der Waals surface area contributed by atoms with E-state index >= 15 is 0 Å². The number of amidine groups is 1. The first kappa shape index (κ1) is 30.4. The number of nitrogens with zero attached hydrogens (tertiary/aromatic N) is 7. The summed E-state index contributed by atoms with van der Waals surface area (Å²) in [5.41, 5.74) is 12.2. The van der Waals surface area contributed by atoms with Crippen molar-refractivity contribution in [2.24, 2.45) is 42.4 Å². The van der Waals surface area contributed by atoms with Crippen LogP contribution in [0.5, 0.6) is 0 Å². The average molecular weight is 607 g/mol. The minimum atomic E-state index is -0.160. The van der Waals surface area contributed by atoms with E-state index in [9.17, 15) is 14.9 Å². The molecule has 45 heavy (non-hydrogen) atoms. The van der Waals surface area contributed by atoms with Gasteiger partial charge in [-0.3, -0.25) is 20.4 Å². The molecule has 15 heteroatoms. The van der Waals surface area contributed by atoms with Gasteiger partial charge in [0.1, 0.15) is 6.07 Å². The number of benzene rings is 2. The molecule has 2 aromatic carbocycles. The molecule has 0 radical (unpaired) electrons. The number of nitrogens with one attached hydrogen (secondary N) is 5. The van der Waals surface area contributed by atoms with Crippen molar-refractivity contribution >= 4 is 52.1 Å². The summed E-state index contributed by atoms with van der Waals surface area (Å²) in [6, 6.07) is 16.4. The van der Waals surface area contributed by atoms with Crippen LogP contribution in [0.25, 0.3) is 0 Å². The SMILES string of the molecule is CCOC1=NC(=C(C#N)N=Nc2ccc(C3=NNC(=O)CC3C)cc2)NC(=N)C1=NNc1ccc(C2=NNC(=O)CC2C)cc1. The van der Waals surface area contributed by atoms with Gasteiger partial charge in [-0.2, -0.15) is 25.6 Å². The second kappa shape index (κ2) is 13.5. The Hall–Kier alpha value is -6.04. The topological polar surface area (TPSA) is 213 Å². The van der Waals surface area contributed by atoms with Gasteiger partial charge in [0.15, 0.2) is 17.4 Å². The third-order valence-electron chi connectivity index (χ3n) is 6.93. The molecule has 15 nitrogen and oxygen atoms in total. The summed E-state index contributed by atoms with van der Waals surface area (Å²) < 4.78 is 5.64. The Morgan fingerprint density at radius 2 is 1.58 bits per heavy atom. The number of ether oxygens (including phenoxy) is 1. The molecule has 0 spiro atoms. The van der Waals surface area contributed by atoms with Crippen molar-refractivity contribution in [1.82, 2.24) is 16.2 Å². The number of amides is 2. The fraction of sp³-hybridized carbons (Fsp3) is 0.267. The van der Waals surface area contributed by atoms with Crippen molar-refractivity contribution in [2.45, 2.75) is 33.6 Å². The minimum Gasteiger partial charge on any atom is -0.476 e. The third-order valence-corrected chi connectivity index (χ3v) is 6.93. The zero-order valence-electron chi connectivity index (χ0n) is 24.8. The third kappa shape index (κ3) is 7.13. The number of anilines is 1. The van der Waals surface area contributed by atoms with Gasteiger partial charge in [0.2, 0.25) is 23.4 Å². The van der Waals surface area contributed by atoms with Crippen LogP contribution in [0, 0.1) is 28.6 Å². The van der Waals surface area contributed by atoms with Crippen LogP contribution >= 0.6 is 0 Å². The monoisotopic (exact) mass is 606 g/mol. The molecule has 0 saturated carbocycles. The lowest BCUT2D eigenvalue weighted by Gasteiger charge is -2.20. The molecule has 2 amide bonds. The molecule has 0 bridgehead atoms. The zero-order chi connectivity index (χ0) is 31.9. The summed E-state index contributed by atoms with van der Waals surface area (Å²) >= 11 is 0. The van der Waals surface area contributed by atoms with Gasteiger partial charge >= 0.3 is 0 Å². The summed E-state index contributed by atoms with van der Waals surface area (Å²) in [7, 11) is 0. The fourth-order valence-electron chi connectivity index (χ4n) is 4.69. The van der Waals surface area contributed by atoms with E-state index in [0.717, 1.165) is 22.6 Å². The summed E-state index contributed by atoms with van der Waals surface area (Å²) in [5.74, 6) is -0.387. The van der Waals surface area contributed by atoms with Crippen LogP contribution in [0.15, 0.2) is 90.6 Å². The maximum Gasteiger partial charge on any atom is 0.247 e. The molecule has 2 atom stereocenters. The van der Waals surface area contributed by atoms with Crippen LogP contribution in [0.2, 0.25) is 0 Å². The van der Waals surface area contributed by atoms with Gasteiger partial charge in [0.25, 0.3) is 0 Å². The normalized spacial score (nSPS) is 22.0. The number of allylic oxidation sites excluding steroid dienone is 1. The maximum absolute atomic E-state index is 11.6. The molecule has 2 unspecified atom stereocenters. The van der Waals surface area contributed by atoms with Crippen molar-refractivity contribution in [3.63, 3.8) is 0 Å². The van der Waals surface area contributed by atoms with Crippen molar-refractivity contribution in [3.05, 3.63) is 71.2 Å². The molecule has 228 valence electrons. The lowest BCUT2D eigenvalue weighted by Crippen LogP contribution is -2.41. The molecule has 0 fully saturated rings. The van der Waals surface area contributed by atoms with E-state index in [1.54, 1.807) is 31.2 Å². The molecular formula is C30H30N12O3. The van der Waals surface area contributed by atoms with Crippen molar-refractivity contribution in [3.8, 4) is 6.07 Å². The zero-order valence-corrected chi connectivity index (χ0v) is 24.8. The van der Waals surface area contributed by atoms with Crippen LogP contribution in [0.4, 0.5) is 11.4 Å². The molecule has 0 aliphatic carbocycles. The highest BCUT2D eigenvalue weighted by molar-refractivity contribution is 6.67. The van der Waals surface area contributed by atoms with E-state index in [1.165, 1.54) is 0 Å². The van der Waals surface area contributed by atoms with Gasteiger partial charge < -0.3 is 10.1 Å². The lowest BCUT2D eigenvalue weighted by atomic mass is 9.94. The largest absolute Gasteiger partial charge is 0.476 e. The summed E-state index contributed by atoms with van der Waals surface area (Å²) in [5, 5.41) is 41.9. The highest BCUT2D eigenvalue weighted by Gasteiger charge is 2.26. The van der Waals surface area contributed by atoms with Crippen LogP contribution in [0.1, 0.15) is 44.7 Å². The smallest absolute Gasteiger partial charge is 0.247 e. The van der Waals surface area contributed by atoms with E-state index < -0.39 is 0 Å². The molecule has 3 heterocycles. The fourth-order valence-corrected chi connectivity index (χ4v) is 4.69. The molecule has 0 saturated heterocycles. The Bertz CT molecular complexity index is 1750. The Morgan fingerprint density at radius 1 is 1.00 bits per heavy atom. The molecule has 5 N–H and O–H groups in total. The molecule has 2 aromatic rings. The number of hydrogen-bond donors (Lipinski definition) is 5. The Labute approximate surface area is 258 Å². The number of carbonyl (C=O) groups is 2. The molecular weight excluding hydrogens is 576 g/mol. The predicted molar refractivity (Wildman–Crippen MR) is 168 cm³/mol. The summed E-state index contributed by atoms with van der Waals surface area (Å²) in [4.78, 5) is 27.4. The first-order chi connectivity index (χ1) is 21.7. The number of carbonyl (C=O) groups excluding carboxylic acids is 2. The van der Waals surface area contributed by atoms with Crippen molar-refractivity contribution in [1.29, 1.82) is 10.7 Å². The number of azo groups is 1. The molecule has 5 rings (SSSR count). The van der Waals surface area contributed by atoms with E-state index in [1.807, 2.05) is 44.2 Å². The highest BCUT2D eigenvalue weighted by atomic mass is 16.5. The second-order valence-corrected chi connectivity index (χ2v) is 10.3. The Balaban J connectivity index is 1.32. The molecule has 3 aliphatic heterocycles. The standard InChI is InChI=1S/C30H30N12O3/c1-4-45-30-27(42-36-21-11-7-19(8-12-21)26-17(3)14-24(44)39-41-26)28(32)33-29(34-30)22(15-31)37-35-20-9-5-18(6-10-20)25-16(2)13-23(43)38-40-25/h5-12,16-17,36H,4,13-14H2,1-3H3,(H2,32,33)(H,38,43)(H,39,44). The minimum absolute atomic E-state index is 0.00502. The predicted octanol–water partition coefficient (Wildman–Crippen LogP) is 3.67. The first-order valence-corrected chi connectivity index (χ1v) is 14.2. The van der Waals surface area contributed by atoms with Gasteiger partial charge in [0.05, 0.1) is 29.4 Å². The van der Waals surface area contributed by atoms with Gasteiger partial charge in [-0.1, -0.05) is 38.1 Å². The second-order valence-electron chi connectivity index (χ2n) is 10.3. The van der Waals surface area contributed by atoms with Gasteiger partial charge in [-0.05, 0) is 42.3 Å². The lowest BCUT2D eigenvalue weighted by molar-refractivity contribution is -0.122. The summed E-state index contributed by atoms with van der Waals surface area (Å²) in [6.07, 6.45) is 0.735. The van der Waals surface area contributed by atoms with Gasteiger partial charge in [0, 0.05) is 24.7 Å². The summed E-state index contributed by atoms with van der Waals surface area (Å²) in [6.45, 7) is 5.89. The Morgan fingerprint density at radius 3 is 2.11 bits per heavy atom. The van der Waals surface area contributed by atoms with E-state index in [4.69, 9.17) is 10.1 Å². The maximum atomic E-state index is 11.6. The van der Waals surface area contributed by atoms with E-state index in [0.29, 0.717) is 24.2 Å². The van der Waals surface area contributed by atoms with E-state index in [2.05, 4.69) is 52.1 Å². The number of rotatable bonds is 7. The number of hydrogen-bond acceptors (Lipinski definition) is 12. The average Bonchev–Trinajstić information content (AvgIpc) is 3.02. The Kier molecular flexibility index (Phi) is 9.13. The molecule has 3 aliphatic rings. The van der Waals surface area contributed by atoms with Gasteiger partial charge in [-0.15, -0.1) is 10.2 Å². The van der Waals surface area contributed by atoms with Crippen LogP contribution < -0.4 is 21.6 Å².